The highest BCUT2D eigenvalue weighted by molar-refractivity contribution is 7.90. The van der Waals surface area contributed by atoms with Crippen LogP contribution in [0.2, 0.25) is 0 Å². The fourth-order valence-corrected chi connectivity index (χ4v) is 2.13. The van der Waals surface area contributed by atoms with Gasteiger partial charge in [0.1, 0.15) is 5.75 Å². The average Bonchev–Trinajstić information content (AvgIpc) is 2.30. The largest absolute Gasteiger partial charge is 0.506 e. The molecule has 0 amide bonds. The van der Waals surface area contributed by atoms with Gasteiger partial charge in [-0.15, -0.1) is 0 Å². The van der Waals surface area contributed by atoms with E-state index in [2.05, 4.69) is 4.74 Å². The van der Waals surface area contributed by atoms with Crippen molar-refractivity contribution in [1.29, 1.82) is 0 Å². The van der Waals surface area contributed by atoms with Crippen molar-refractivity contribution >= 4 is 15.9 Å². The second-order valence-electron chi connectivity index (χ2n) is 3.72. The Bertz CT molecular complexity index is 560. The molecule has 0 aromatic heterocycles. The molecule has 10 heteroatoms. The van der Waals surface area contributed by atoms with Crippen LogP contribution < -0.4 is 9.44 Å². The number of anilines is 1. The molecule has 1 aromatic carbocycles. The first-order valence-corrected chi connectivity index (χ1v) is 6.80. The third kappa shape index (κ3) is 4.87. The molecule has 3 N–H and O–H groups in total. The fourth-order valence-electron chi connectivity index (χ4n) is 1.25. The molecule has 0 atom stereocenters. The van der Waals surface area contributed by atoms with E-state index in [1.54, 1.807) is 0 Å². The number of hydrogen-bond donors (Lipinski definition) is 3. The highest BCUT2D eigenvalue weighted by atomic mass is 32.2. The predicted octanol–water partition coefficient (Wildman–Crippen LogP) is 1.30. The van der Waals surface area contributed by atoms with Crippen LogP contribution in [0.4, 0.5) is 18.9 Å². The molecule has 0 saturated heterocycles. The Morgan fingerprint density at radius 3 is 2.55 bits per heavy atom. The van der Waals surface area contributed by atoms with Crippen molar-refractivity contribution in [3.8, 4) is 5.75 Å². The third-order valence-electron chi connectivity index (χ3n) is 2.17. The lowest BCUT2D eigenvalue weighted by molar-refractivity contribution is -0.137. The summed E-state index contributed by atoms with van der Waals surface area (Å²) in [4.78, 5) is 0. The molecule has 0 radical (unpaired) electrons. The zero-order valence-corrected chi connectivity index (χ0v) is 11.2. The number of nitrogens with one attached hydrogen (secondary N) is 2. The van der Waals surface area contributed by atoms with Gasteiger partial charge in [-0.3, -0.25) is 4.72 Å². The van der Waals surface area contributed by atoms with Crippen LogP contribution in [0.1, 0.15) is 5.56 Å². The number of hydrogen-bond acceptors (Lipinski definition) is 4. The van der Waals surface area contributed by atoms with Gasteiger partial charge >= 0.3 is 6.18 Å². The molecule has 6 nitrogen and oxygen atoms in total. The van der Waals surface area contributed by atoms with Gasteiger partial charge in [-0.1, -0.05) is 0 Å². The minimum atomic E-state index is -4.64. The molecule has 20 heavy (non-hydrogen) atoms. The van der Waals surface area contributed by atoms with Crippen LogP contribution in [0.25, 0.3) is 0 Å². The van der Waals surface area contributed by atoms with E-state index >= 15 is 0 Å². The van der Waals surface area contributed by atoms with Gasteiger partial charge in [-0.25, -0.2) is 0 Å². The van der Waals surface area contributed by atoms with Crippen LogP contribution in [-0.2, 0) is 21.1 Å². The molecular weight excluding hydrogens is 301 g/mol. The van der Waals surface area contributed by atoms with Crippen molar-refractivity contribution in [1.82, 2.24) is 4.72 Å². The average molecular weight is 314 g/mol. The Hall–Kier alpha value is -1.52. The lowest BCUT2D eigenvalue weighted by atomic mass is 10.2. The maximum Gasteiger partial charge on any atom is 0.416 e. The molecule has 114 valence electrons. The molecule has 0 spiro atoms. The summed E-state index contributed by atoms with van der Waals surface area (Å²) in [5, 5.41) is 9.39. The Labute approximate surface area is 113 Å². The molecule has 1 rings (SSSR count). The first kappa shape index (κ1) is 16.5. The van der Waals surface area contributed by atoms with Gasteiger partial charge < -0.3 is 9.84 Å². The van der Waals surface area contributed by atoms with Crippen LogP contribution >= 0.6 is 0 Å². The highest BCUT2D eigenvalue weighted by Gasteiger charge is 2.31. The molecular formula is C10H13F3N2O4S. The predicted molar refractivity (Wildman–Crippen MR) is 65.5 cm³/mol. The summed E-state index contributed by atoms with van der Waals surface area (Å²) in [5.41, 5.74) is -1.64. The number of alkyl halides is 3. The van der Waals surface area contributed by atoms with Crippen molar-refractivity contribution < 1.29 is 31.4 Å². The molecule has 0 bridgehead atoms. The topological polar surface area (TPSA) is 87.7 Å². The zero-order chi connectivity index (χ0) is 15.4. The van der Waals surface area contributed by atoms with Gasteiger partial charge in [-0.05, 0) is 18.2 Å². The minimum Gasteiger partial charge on any atom is -0.506 e. The van der Waals surface area contributed by atoms with E-state index in [0.717, 1.165) is 6.07 Å². The number of halogens is 3. The van der Waals surface area contributed by atoms with Crippen molar-refractivity contribution in [3.05, 3.63) is 23.8 Å². The second kappa shape index (κ2) is 6.29. The summed E-state index contributed by atoms with van der Waals surface area (Å²) in [6, 6.07) is 1.91. The van der Waals surface area contributed by atoms with Gasteiger partial charge in [0.05, 0.1) is 17.9 Å². The van der Waals surface area contributed by atoms with Crippen LogP contribution in [0.5, 0.6) is 5.75 Å². The van der Waals surface area contributed by atoms with Crippen LogP contribution in [0.3, 0.4) is 0 Å². The van der Waals surface area contributed by atoms with Crippen LogP contribution in [0.15, 0.2) is 18.2 Å². The fraction of sp³-hybridized carbons (Fsp3) is 0.400. The van der Waals surface area contributed by atoms with E-state index in [-0.39, 0.29) is 13.2 Å². The third-order valence-corrected chi connectivity index (χ3v) is 3.24. The Balaban J connectivity index is 2.91. The summed E-state index contributed by atoms with van der Waals surface area (Å²) in [6.07, 6.45) is -4.64. The zero-order valence-electron chi connectivity index (χ0n) is 10.4. The number of methoxy groups -OCH3 is 1. The summed E-state index contributed by atoms with van der Waals surface area (Å²) in [6.45, 7) is 0.0288. The van der Waals surface area contributed by atoms with Crippen molar-refractivity contribution in [3.63, 3.8) is 0 Å². The van der Waals surface area contributed by atoms with E-state index in [1.165, 1.54) is 7.11 Å². The van der Waals surface area contributed by atoms with Crippen LogP contribution in [-0.4, -0.2) is 33.8 Å². The Kier molecular flexibility index (Phi) is 5.20. The summed E-state index contributed by atoms with van der Waals surface area (Å²) >= 11 is 0. The number of ether oxygens (including phenoxy) is 1. The lowest BCUT2D eigenvalue weighted by Crippen LogP contribution is -2.32. The van der Waals surface area contributed by atoms with Gasteiger partial charge in [-0.2, -0.15) is 26.3 Å². The SMILES string of the molecule is COCCNS(=O)(=O)Nc1cc(C(F)(F)F)ccc1O. The number of rotatable bonds is 6. The standard InChI is InChI=1S/C10H13F3N2O4S/c1-19-5-4-14-20(17,18)15-8-6-7(10(11,12)13)2-3-9(8)16/h2-3,6,14-16H,4-5H2,1H3. The second-order valence-corrected chi connectivity index (χ2v) is 5.22. The molecule has 0 unspecified atom stereocenters. The van der Waals surface area contributed by atoms with Crippen LogP contribution in [0, 0.1) is 0 Å². The van der Waals surface area contributed by atoms with Gasteiger partial charge in [0.15, 0.2) is 0 Å². The smallest absolute Gasteiger partial charge is 0.416 e. The summed E-state index contributed by atoms with van der Waals surface area (Å²) in [7, 11) is -2.74. The van der Waals surface area contributed by atoms with Crippen molar-refractivity contribution in [2.75, 3.05) is 25.0 Å². The molecule has 0 aliphatic heterocycles. The number of benzene rings is 1. The van der Waals surface area contributed by atoms with E-state index < -0.39 is 33.4 Å². The first-order valence-electron chi connectivity index (χ1n) is 5.32. The molecule has 0 aliphatic rings. The quantitative estimate of drug-likeness (QED) is 0.545. The normalized spacial score (nSPS) is 12.4. The number of aromatic hydroxyl groups is 1. The Morgan fingerprint density at radius 2 is 2.00 bits per heavy atom. The van der Waals surface area contributed by atoms with Gasteiger partial charge in [0, 0.05) is 13.7 Å². The minimum absolute atomic E-state index is 0.0639. The van der Waals surface area contributed by atoms with Gasteiger partial charge in [0.25, 0.3) is 10.2 Å². The summed E-state index contributed by atoms with van der Waals surface area (Å²) in [5.74, 6) is -0.616. The van der Waals surface area contributed by atoms with E-state index in [1.807, 2.05) is 9.44 Å². The van der Waals surface area contributed by atoms with Crippen molar-refractivity contribution in [2.24, 2.45) is 0 Å². The molecule has 1 aromatic rings. The molecule has 0 saturated carbocycles. The monoisotopic (exact) mass is 314 g/mol. The Morgan fingerprint density at radius 1 is 1.35 bits per heavy atom. The maximum atomic E-state index is 12.5. The number of phenols is 1. The molecule has 0 fully saturated rings. The molecule has 0 aliphatic carbocycles. The van der Waals surface area contributed by atoms with Gasteiger partial charge in [0.2, 0.25) is 0 Å². The first-order chi connectivity index (χ1) is 9.15. The maximum absolute atomic E-state index is 12.5. The highest BCUT2D eigenvalue weighted by Crippen LogP contribution is 2.34. The van der Waals surface area contributed by atoms with E-state index in [4.69, 9.17) is 0 Å². The van der Waals surface area contributed by atoms with E-state index in [0.29, 0.717) is 12.1 Å². The summed E-state index contributed by atoms with van der Waals surface area (Å²) < 4.78 is 69.0. The lowest BCUT2D eigenvalue weighted by Gasteiger charge is -2.13. The van der Waals surface area contributed by atoms with Crippen molar-refractivity contribution in [2.45, 2.75) is 6.18 Å². The van der Waals surface area contributed by atoms with E-state index in [9.17, 15) is 26.7 Å². The number of phenolic OH excluding ortho intramolecular Hbond substituents is 1. The molecule has 0 heterocycles.